The molecule has 0 radical (unpaired) electrons. The zero-order chi connectivity index (χ0) is 31.0. The number of ether oxygens (including phenoxy) is 3. The van der Waals surface area contributed by atoms with E-state index < -0.39 is 77.6 Å². The highest BCUT2D eigenvalue weighted by Crippen LogP contribution is 2.40. The molecule has 0 heterocycles. The summed E-state index contributed by atoms with van der Waals surface area (Å²) >= 11 is 0. The van der Waals surface area contributed by atoms with Gasteiger partial charge in [-0.1, -0.05) is 12.1 Å². The largest absolute Gasteiger partial charge is 0.465 e. The van der Waals surface area contributed by atoms with Crippen LogP contribution in [-0.2, 0) is 28.7 Å². The van der Waals surface area contributed by atoms with Crippen LogP contribution in [0.1, 0.15) is 11.7 Å². The molecule has 0 aliphatic rings. The van der Waals surface area contributed by atoms with E-state index in [0.29, 0.717) is 6.07 Å². The quantitative estimate of drug-likeness (QED) is 0.190. The van der Waals surface area contributed by atoms with Crippen molar-refractivity contribution < 1.29 is 99.2 Å². The van der Waals surface area contributed by atoms with Gasteiger partial charge in [-0.3, -0.25) is 0 Å². The van der Waals surface area contributed by atoms with Crippen LogP contribution in [0.3, 0.4) is 0 Å². The SMILES string of the molecule is O=C(OC(=O)C(F)(F)C(F)(F)F)C(OC(=O)C(F)(F)C(F)(F)F)c1cccc(OC(=O)C(F)(F)C(F)(F)F)c1. The lowest BCUT2D eigenvalue weighted by Crippen LogP contribution is -2.48. The lowest BCUT2D eigenvalue weighted by Gasteiger charge is -2.23. The molecule has 0 aromatic heterocycles. The maximum atomic E-state index is 13.2. The maximum Gasteiger partial charge on any atom is 0.465 e. The summed E-state index contributed by atoms with van der Waals surface area (Å²) in [6.45, 7) is 0. The molecule has 0 bridgehead atoms. The van der Waals surface area contributed by atoms with E-state index in [1.807, 2.05) is 0 Å². The van der Waals surface area contributed by atoms with Crippen molar-refractivity contribution in [2.24, 2.45) is 0 Å². The first kappa shape index (κ1) is 33.3. The Morgan fingerprint density at radius 2 is 1.00 bits per heavy atom. The molecular weight excluding hydrogens is 601 g/mol. The molecule has 0 saturated carbocycles. The highest BCUT2D eigenvalue weighted by atomic mass is 19.4. The van der Waals surface area contributed by atoms with Crippen LogP contribution in [0.4, 0.5) is 65.9 Å². The van der Waals surface area contributed by atoms with E-state index >= 15 is 0 Å². The van der Waals surface area contributed by atoms with Gasteiger partial charge >= 0.3 is 60.2 Å². The van der Waals surface area contributed by atoms with Crippen molar-refractivity contribution in [3.05, 3.63) is 29.8 Å². The van der Waals surface area contributed by atoms with Gasteiger partial charge in [-0.2, -0.15) is 65.9 Å². The number of carbonyl (C=O) groups excluding carboxylic acids is 4. The Labute approximate surface area is 202 Å². The van der Waals surface area contributed by atoms with Gasteiger partial charge in [-0.05, 0) is 12.1 Å². The maximum absolute atomic E-state index is 13.2. The molecule has 0 aliphatic carbocycles. The van der Waals surface area contributed by atoms with Gasteiger partial charge in [0.1, 0.15) is 5.75 Å². The number of alkyl halides is 15. The molecular formula is C17H5F15O7. The van der Waals surface area contributed by atoms with Crippen molar-refractivity contribution in [2.45, 2.75) is 42.4 Å². The summed E-state index contributed by atoms with van der Waals surface area (Å²) in [5, 5.41) is 0. The molecule has 1 rings (SSSR count). The Kier molecular flexibility index (Phi) is 8.90. The lowest BCUT2D eigenvalue weighted by atomic mass is 10.1. The number of carbonyl (C=O) groups is 4. The van der Waals surface area contributed by atoms with E-state index in [0.717, 1.165) is 0 Å². The van der Waals surface area contributed by atoms with Gasteiger partial charge in [0.05, 0.1) is 0 Å². The number of hydrogen-bond acceptors (Lipinski definition) is 7. The van der Waals surface area contributed by atoms with E-state index in [2.05, 4.69) is 14.2 Å². The van der Waals surface area contributed by atoms with Crippen LogP contribution in [0.15, 0.2) is 24.3 Å². The monoisotopic (exact) mass is 606 g/mol. The molecule has 1 unspecified atom stereocenters. The first-order valence-corrected chi connectivity index (χ1v) is 8.81. The number of esters is 4. The van der Waals surface area contributed by atoms with Crippen LogP contribution in [0.2, 0.25) is 0 Å². The first-order valence-electron chi connectivity index (χ1n) is 8.81. The van der Waals surface area contributed by atoms with Crippen LogP contribution < -0.4 is 4.74 Å². The van der Waals surface area contributed by atoms with E-state index in [4.69, 9.17) is 0 Å². The Balaban J connectivity index is 3.50. The molecule has 39 heavy (non-hydrogen) atoms. The molecule has 0 aliphatic heterocycles. The fraction of sp³-hybridized carbons (Fsp3) is 0.412. The minimum atomic E-state index is -6.78. The Bertz CT molecular complexity index is 1120. The predicted octanol–water partition coefficient (Wildman–Crippen LogP) is 4.84. The molecule has 0 saturated heterocycles. The molecule has 0 amide bonds. The number of hydrogen-bond donors (Lipinski definition) is 0. The summed E-state index contributed by atoms with van der Waals surface area (Å²) < 4.78 is 199. The fourth-order valence-corrected chi connectivity index (χ4v) is 1.90. The molecule has 1 atom stereocenters. The molecule has 7 nitrogen and oxygen atoms in total. The molecule has 0 N–H and O–H groups in total. The van der Waals surface area contributed by atoms with Crippen molar-refractivity contribution in [3.8, 4) is 5.75 Å². The van der Waals surface area contributed by atoms with Gasteiger partial charge in [-0.25, -0.2) is 19.2 Å². The number of benzene rings is 1. The number of halogens is 15. The molecule has 0 fully saturated rings. The van der Waals surface area contributed by atoms with E-state index in [9.17, 15) is 85.0 Å². The first-order chi connectivity index (χ1) is 17.2. The van der Waals surface area contributed by atoms with Crippen LogP contribution >= 0.6 is 0 Å². The summed E-state index contributed by atoms with van der Waals surface area (Å²) in [6, 6.07) is 0.648. The third-order valence-corrected chi connectivity index (χ3v) is 3.84. The topological polar surface area (TPSA) is 96.0 Å². The van der Waals surface area contributed by atoms with Crippen molar-refractivity contribution in [1.82, 2.24) is 0 Å². The summed E-state index contributed by atoms with van der Waals surface area (Å²) in [5.74, 6) is -34.8. The lowest BCUT2D eigenvalue weighted by molar-refractivity contribution is -0.284. The van der Waals surface area contributed by atoms with Crippen LogP contribution in [-0.4, -0.2) is 60.2 Å². The predicted molar refractivity (Wildman–Crippen MR) is 85.0 cm³/mol. The van der Waals surface area contributed by atoms with Crippen molar-refractivity contribution in [1.29, 1.82) is 0 Å². The Hall–Kier alpha value is -3.75. The standard InChI is InChI=1S/C17H5F15O7/c18-12(19,15(24,25)26)9(34)37-6-3-1-2-5(4-6)7(38-10(35)13(20,21)16(27,28)29)8(33)39-11(36)14(22,23)17(30,31)32/h1-4,7H. The highest BCUT2D eigenvalue weighted by Gasteiger charge is 2.67. The second kappa shape index (κ2) is 10.4. The van der Waals surface area contributed by atoms with Gasteiger partial charge in [0.25, 0.3) is 0 Å². The van der Waals surface area contributed by atoms with E-state index in [1.54, 1.807) is 0 Å². The van der Waals surface area contributed by atoms with Gasteiger partial charge in [0, 0.05) is 5.56 Å². The third kappa shape index (κ3) is 7.02. The second-order valence-electron chi connectivity index (χ2n) is 6.67. The number of rotatable bonds is 7. The van der Waals surface area contributed by atoms with Crippen LogP contribution in [0.5, 0.6) is 5.75 Å². The molecule has 22 heteroatoms. The summed E-state index contributed by atoms with van der Waals surface area (Å²) in [5.41, 5.74) is -1.53. The van der Waals surface area contributed by atoms with Gasteiger partial charge in [-0.15, -0.1) is 0 Å². The molecule has 1 aromatic carbocycles. The fourth-order valence-electron chi connectivity index (χ4n) is 1.90. The van der Waals surface area contributed by atoms with E-state index in [-0.39, 0.29) is 18.2 Å². The highest BCUT2D eigenvalue weighted by molar-refractivity contribution is 5.93. The smallest absolute Gasteiger partial charge is 0.441 e. The van der Waals surface area contributed by atoms with Gasteiger partial charge in [0.15, 0.2) is 0 Å². The van der Waals surface area contributed by atoms with Gasteiger partial charge in [0.2, 0.25) is 6.10 Å². The van der Waals surface area contributed by atoms with Crippen molar-refractivity contribution in [2.75, 3.05) is 0 Å². The second-order valence-corrected chi connectivity index (χ2v) is 6.67. The minimum Gasteiger partial charge on any atom is -0.441 e. The Morgan fingerprint density at radius 3 is 1.44 bits per heavy atom. The zero-order valence-electron chi connectivity index (χ0n) is 17.4. The zero-order valence-corrected chi connectivity index (χ0v) is 17.4. The Morgan fingerprint density at radius 1 is 0.590 bits per heavy atom. The van der Waals surface area contributed by atoms with Crippen molar-refractivity contribution in [3.63, 3.8) is 0 Å². The average Bonchev–Trinajstić information content (AvgIpc) is 2.74. The van der Waals surface area contributed by atoms with Gasteiger partial charge < -0.3 is 14.2 Å². The summed E-state index contributed by atoms with van der Waals surface area (Å²) in [4.78, 5) is 45.5. The summed E-state index contributed by atoms with van der Waals surface area (Å²) in [6.07, 6.45) is -23.7. The average molecular weight is 606 g/mol. The summed E-state index contributed by atoms with van der Waals surface area (Å²) in [7, 11) is 0. The van der Waals surface area contributed by atoms with E-state index in [1.165, 1.54) is 0 Å². The third-order valence-electron chi connectivity index (χ3n) is 3.84. The van der Waals surface area contributed by atoms with Crippen LogP contribution in [0.25, 0.3) is 0 Å². The molecule has 220 valence electrons. The minimum absolute atomic E-state index is 0.179. The normalized spacial score (nSPS) is 14.3. The molecule has 1 aromatic rings. The van der Waals surface area contributed by atoms with Crippen molar-refractivity contribution >= 4 is 23.9 Å². The molecule has 0 spiro atoms. The van der Waals surface area contributed by atoms with Crippen LogP contribution in [0, 0.1) is 0 Å².